The predicted octanol–water partition coefficient (Wildman–Crippen LogP) is 2.97. The second kappa shape index (κ2) is 9.18. The van der Waals surface area contributed by atoms with Crippen LogP contribution in [0.15, 0.2) is 42.6 Å². The van der Waals surface area contributed by atoms with Crippen LogP contribution in [-0.4, -0.2) is 53.0 Å². The molecule has 1 heterocycles. The number of aromatic nitrogens is 1. The quantitative estimate of drug-likeness (QED) is 0.815. The zero-order chi connectivity index (χ0) is 21.0. The van der Waals surface area contributed by atoms with Gasteiger partial charge in [0.05, 0.1) is 12.0 Å². The minimum Gasteiger partial charge on any atom is -0.393 e. The van der Waals surface area contributed by atoms with E-state index in [4.69, 9.17) is 0 Å². The molecule has 0 radical (unpaired) electrons. The number of amides is 2. The maximum atomic E-state index is 12.9. The Morgan fingerprint density at radius 3 is 2.24 bits per heavy atom. The predicted molar refractivity (Wildman–Crippen MR) is 113 cm³/mol. The molecule has 29 heavy (non-hydrogen) atoms. The molecule has 2 aromatic rings. The van der Waals surface area contributed by atoms with Crippen molar-refractivity contribution in [2.45, 2.75) is 50.7 Å². The molecule has 1 aliphatic rings. The number of carbonyl (C=O) groups is 2. The van der Waals surface area contributed by atoms with Gasteiger partial charge in [-0.2, -0.15) is 0 Å². The van der Waals surface area contributed by atoms with Crippen LogP contribution >= 0.6 is 0 Å². The van der Waals surface area contributed by atoms with Crippen LogP contribution in [0.25, 0.3) is 11.1 Å². The van der Waals surface area contributed by atoms with Gasteiger partial charge in [0.1, 0.15) is 5.69 Å². The van der Waals surface area contributed by atoms with Crippen molar-refractivity contribution in [2.75, 3.05) is 14.1 Å². The van der Waals surface area contributed by atoms with Gasteiger partial charge in [-0.15, -0.1) is 0 Å². The van der Waals surface area contributed by atoms with Crippen LogP contribution in [0.2, 0.25) is 0 Å². The molecule has 0 aliphatic heterocycles. The Bertz CT molecular complexity index is 841. The maximum Gasteiger partial charge on any atom is 0.269 e. The van der Waals surface area contributed by atoms with Gasteiger partial charge in [-0.3, -0.25) is 14.6 Å². The largest absolute Gasteiger partial charge is 0.393 e. The number of hydrogen-bond acceptors (Lipinski definition) is 4. The number of rotatable bonds is 5. The third-order valence-corrected chi connectivity index (χ3v) is 5.90. The first-order valence-electron chi connectivity index (χ1n) is 10.1. The number of aliphatic hydroxyl groups excluding tert-OH is 1. The molecule has 1 saturated carbocycles. The molecular formula is C23H29N3O3. The van der Waals surface area contributed by atoms with E-state index in [1.807, 2.05) is 49.2 Å². The van der Waals surface area contributed by atoms with Crippen molar-refractivity contribution in [3.8, 4) is 11.1 Å². The van der Waals surface area contributed by atoms with Gasteiger partial charge in [-0.1, -0.05) is 30.3 Å². The lowest BCUT2D eigenvalue weighted by Gasteiger charge is -2.34. The third kappa shape index (κ3) is 4.82. The average Bonchev–Trinajstić information content (AvgIpc) is 2.77. The smallest absolute Gasteiger partial charge is 0.269 e. The second-order valence-electron chi connectivity index (χ2n) is 7.77. The molecule has 6 nitrogen and oxygen atoms in total. The molecule has 1 atom stereocenters. The molecule has 0 saturated heterocycles. The van der Waals surface area contributed by atoms with Gasteiger partial charge in [0.25, 0.3) is 5.91 Å². The fourth-order valence-electron chi connectivity index (χ4n) is 3.86. The number of hydrogen-bond donors (Lipinski definition) is 2. The SMILES string of the molecule is CNC(=O)c1ccc(-c2ccc(C(C)C(=O)N(C)C3CCC(O)CC3)cc2)cn1. The minimum absolute atomic E-state index is 0.107. The van der Waals surface area contributed by atoms with Crippen LogP contribution in [-0.2, 0) is 4.79 Å². The molecule has 1 aromatic heterocycles. The number of nitrogens with zero attached hydrogens (tertiary/aromatic N) is 2. The highest BCUT2D eigenvalue weighted by molar-refractivity contribution is 5.92. The number of carbonyl (C=O) groups excluding carboxylic acids is 2. The van der Waals surface area contributed by atoms with Crippen LogP contribution in [0.3, 0.4) is 0 Å². The molecule has 154 valence electrons. The molecule has 1 aliphatic carbocycles. The van der Waals surface area contributed by atoms with E-state index >= 15 is 0 Å². The van der Waals surface area contributed by atoms with Gasteiger partial charge in [-0.25, -0.2) is 0 Å². The van der Waals surface area contributed by atoms with E-state index in [1.165, 1.54) is 0 Å². The van der Waals surface area contributed by atoms with E-state index in [0.29, 0.717) is 5.69 Å². The lowest BCUT2D eigenvalue weighted by atomic mass is 9.90. The highest BCUT2D eigenvalue weighted by Gasteiger charge is 2.28. The Morgan fingerprint density at radius 2 is 1.69 bits per heavy atom. The normalized spacial score (nSPS) is 20.0. The van der Waals surface area contributed by atoms with Crippen molar-refractivity contribution in [3.05, 3.63) is 53.9 Å². The summed E-state index contributed by atoms with van der Waals surface area (Å²) in [7, 11) is 3.45. The molecule has 1 unspecified atom stereocenters. The number of nitrogens with one attached hydrogen (secondary N) is 1. The van der Waals surface area contributed by atoms with Crippen LogP contribution in [0.1, 0.15) is 54.6 Å². The summed E-state index contributed by atoms with van der Waals surface area (Å²) in [5.41, 5.74) is 3.25. The zero-order valence-corrected chi connectivity index (χ0v) is 17.3. The fourth-order valence-corrected chi connectivity index (χ4v) is 3.86. The summed E-state index contributed by atoms with van der Waals surface area (Å²) in [5.74, 6) is -0.332. The van der Waals surface area contributed by atoms with E-state index in [-0.39, 0.29) is 29.9 Å². The van der Waals surface area contributed by atoms with Crippen LogP contribution in [0.5, 0.6) is 0 Å². The number of likely N-dealkylation sites (N-methyl/N-ethyl adjacent to an activating group) is 1. The van der Waals surface area contributed by atoms with Crippen LogP contribution < -0.4 is 5.32 Å². The number of pyridine rings is 1. The summed E-state index contributed by atoms with van der Waals surface area (Å²) in [6.07, 6.45) is 4.69. The molecular weight excluding hydrogens is 366 g/mol. The lowest BCUT2D eigenvalue weighted by Crippen LogP contribution is -2.42. The molecule has 0 bridgehead atoms. The van der Waals surface area contributed by atoms with Crippen molar-refractivity contribution in [2.24, 2.45) is 0 Å². The van der Waals surface area contributed by atoms with E-state index in [1.54, 1.807) is 19.3 Å². The van der Waals surface area contributed by atoms with E-state index in [9.17, 15) is 14.7 Å². The lowest BCUT2D eigenvalue weighted by molar-refractivity contribution is -0.134. The third-order valence-electron chi connectivity index (χ3n) is 5.90. The van der Waals surface area contributed by atoms with Gasteiger partial charge < -0.3 is 15.3 Å². The summed E-state index contributed by atoms with van der Waals surface area (Å²) in [5, 5.41) is 12.2. The summed E-state index contributed by atoms with van der Waals surface area (Å²) in [6.45, 7) is 1.94. The van der Waals surface area contributed by atoms with Crippen LogP contribution in [0, 0.1) is 0 Å². The fraction of sp³-hybridized carbons (Fsp3) is 0.435. The standard InChI is InChI=1S/C23H29N3O3/c1-15(23(29)26(3)19-9-11-20(27)12-10-19)16-4-6-17(7-5-16)18-8-13-21(25-14-18)22(28)24-2/h4-8,13-15,19-20,27H,9-12H2,1-3H3,(H,24,28). The van der Waals surface area contributed by atoms with E-state index in [2.05, 4.69) is 10.3 Å². The van der Waals surface area contributed by atoms with Gasteiger partial charge in [0.15, 0.2) is 0 Å². The topological polar surface area (TPSA) is 82.5 Å². The maximum absolute atomic E-state index is 12.9. The highest BCUT2D eigenvalue weighted by atomic mass is 16.3. The first-order valence-corrected chi connectivity index (χ1v) is 10.1. The molecule has 1 fully saturated rings. The van der Waals surface area contributed by atoms with Crippen molar-refractivity contribution < 1.29 is 14.7 Å². The minimum atomic E-state index is -0.227. The average molecular weight is 396 g/mol. The van der Waals surface area contributed by atoms with Gasteiger partial charge in [0, 0.05) is 31.9 Å². The van der Waals surface area contributed by atoms with Crippen LogP contribution in [0.4, 0.5) is 0 Å². The van der Waals surface area contributed by atoms with E-state index in [0.717, 1.165) is 42.4 Å². The van der Waals surface area contributed by atoms with Crippen molar-refractivity contribution >= 4 is 11.8 Å². The Balaban J connectivity index is 1.67. The Hall–Kier alpha value is -2.73. The number of aliphatic hydroxyl groups is 1. The molecule has 2 amide bonds. The van der Waals surface area contributed by atoms with E-state index < -0.39 is 0 Å². The Kier molecular flexibility index (Phi) is 6.64. The molecule has 6 heteroatoms. The Labute approximate surface area is 172 Å². The van der Waals surface area contributed by atoms with Gasteiger partial charge >= 0.3 is 0 Å². The summed E-state index contributed by atoms with van der Waals surface area (Å²) >= 11 is 0. The first-order chi connectivity index (χ1) is 13.9. The van der Waals surface area contributed by atoms with Crippen molar-refractivity contribution in [1.82, 2.24) is 15.2 Å². The van der Waals surface area contributed by atoms with Crippen molar-refractivity contribution in [1.29, 1.82) is 0 Å². The summed E-state index contributed by atoms with van der Waals surface area (Å²) in [4.78, 5) is 30.6. The second-order valence-corrected chi connectivity index (χ2v) is 7.77. The van der Waals surface area contributed by atoms with Crippen molar-refractivity contribution in [3.63, 3.8) is 0 Å². The summed E-state index contributed by atoms with van der Waals surface area (Å²) in [6, 6.07) is 11.7. The Morgan fingerprint density at radius 1 is 1.07 bits per heavy atom. The first kappa shape index (κ1) is 21.0. The molecule has 0 spiro atoms. The van der Waals surface area contributed by atoms with Gasteiger partial charge in [-0.05, 0) is 49.8 Å². The van der Waals surface area contributed by atoms with Gasteiger partial charge in [0.2, 0.25) is 5.91 Å². The highest BCUT2D eigenvalue weighted by Crippen LogP contribution is 2.27. The zero-order valence-electron chi connectivity index (χ0n) is 17.3. The monoisotopic (exact) mass is 395 g/mol. The molecule has 2 N–H and O–H groups in total. The number of benzene rings is 1. The summed E-state index contributed by atoms with van der Waals surface area (Å²) < 4.78 is 0. The molecule has 1 aromatic carbocycles. The molecule has 3 rings (SSSR count).